The summed E-state index contributed by atoms with van der Waals surface area (Å²) in [7, 11) is 0. The maximum Gasteiger partial charge on any atom is 0.419 e. The van der Waals surface area contributed by atoms with E-state index in [2.05, 4.69) is 27.2 Å². The number of ether oxygens (including phenoxy) is 2. The lowest BCUT2D eigenvalue weighted by atomic mass is 10.1. The lowest BCUT2D eigenvalue weighted by Crippen LogP contribution is -2.42. The van der Waals surface area contributed by atoms with Crippen LogP contribution in [0.5, 0.6) is 11.8 Å². The average Bonchev–Trinajstić information content (AvgIpc) is 2.81. The SMILES string of the molecule is C=CC(C[C@H](O)CNC(=O)COc1ccc(Cl)c(F)c1)NC(=O)COc1ncc(C(F)(F)F)cn1. The molecule has 2 amide bonds. The predicted molar refractivity (Wildman–Crippen MR) is 115 cm³/mol. The molecule has 1 aromatic heterocycles. The van der Waals surface area contributed by atoms with E-state index in [1.807, 2.05) is 0 Å². The molecular formula is C21H21ClF4N4O5. The molecule has 0 aliphatic rings. The second-order valence-corrected chi connectivity index (χ2v) is 7.42. The van der Waals surface area contributed by atoms with Crippen LogP contribution in [0.1, 0.15) is 12.0 Å². The summed E-state index contributed by atoms with van der Waals surface area (Å²) in [6.45, 7) is 2.35. The third kappa shape index (κ3) is 9.74. The van der Waals surface area contributed by atoms with Crippen molar-refractivity contribution in [1.29, 1.82) is 0 Å². The summed E-state index contributed by atoms with van der Waals surface area (Å²) in [5, 5.41) is 14.9. The van der Waals surface area contributed by atoms with E-state index in [0.29, 0.717) is 12.4 Å². The maximum atomic E-state index is 13.4. The number of carbonyl (C=O) groups excluding carboxylic acids is 2. The number of aliphatic hydroxyl groups excluding tert-OH is 1. The lowest BCUT2D eigenvalue weighted by Gasteiger charge is -2.19. The molecule has 0 fully saturated rings. The van der Waals surface area contributed by atoms with Crippen LogP contribution in [-0.2, 0) is 15.8 Å². The van der Waals surface area contributed by atoms with Gasteiger partial charge in [0.1, 0.15) is 11.6 Å². The van der Waals surface area contributed by atoms with E-state index in [-0.39, 0.29) is 23.7 Å². The Morgan fingerprint density at radius 3 is 2.43 bits per heavy atom. The van der Waals surface area contributed by atoms with Crippen LogP contribution < -0.4 is 20.1 Å². The largest absolute Gasteiger partial charge is 0.484 e. The van der Waals surface area contributed by atoms with Crippen LogP contribution >= 0.6 is 11.6 Å². The Morgan fingerprint density at radius 2 is 1.83 bits per heavy atom. The number of hydrogen-bond acceptors (Lipinski definition) is 7. The Bertz CT molecular complexity index is 1020. The first-order chi connectivity index (χ1) is 16.5. The van der Waals surface area contributed by atoms with Crippen molar-refractivity contribution < 1.29 is 41.7 Å². The number of hydrogen-bond donors (Lipinski definition) is 3. The monoisotopic (exact) mass is 520 g/mol. The number of alkyl halides is 3. The zero-order valence-electron chi connectivity index (χ0n) is 18.0. The molecule has 2 rings (SSSR count). The van der Waals surface area contributed by atoms with Gasteiger partial charge in [0.25, 0.3) is 11.8 Å². The molecule has 35 heavy (non-hydrogen) atoms. The fourth-order valence-corrected chi connectivity index (χ4v) is 2.62. The lowest BCUT2D eigenvalue weighted by molar-refractivity contribution is -0.138. The molecule has 2 atom stereocenters. The predicted octanol–water partition coefficient (Wildman–Crippen LogP) is 2.28. The smallest absolute Gasteiger partial charge is 0.419 e. The zero-order valence-corrected chi connectivity index (χ0v) is 18.8. The van der Waals surface area contributed by atoms with Crippen molar-refractivity contribution in [3.63, 3.8) is 0 Å². The average molecular weight is 521 g/mol. The summed E-state index contributed by atoms with van der Waals surface area (Å²) in [4.78, 5) is 30.6. The number of aliphatic hydroxyl groups is 1. The third-order valence-electron chi connectivity index (χ3n) is 4.24. The van der Waals surface area contributed by atoms with Gasteiger partial charge >= 0.3 is 12.2 Å². The number of halogens is 5. The summed E-state index contributed by atoms with van der Waals surface area (Å²) in [5.41, 5.74) is -1.06. The second-order valence-electron chi connectivity index (χ2n) is 7.01. The Balaban J connectivity index is 1.70. The van der Waals surface area contributed by atoms with Gasteiger partial charge in [0.2, 0.25) is 0 Å². The minimum atomic E-state index is -4.60. The highest BCUT2D eigenvalue weighted by molar-refractivity contribution is 6.30. The Labute approximate surface area is 202 Å². The minimum Gasteiger partial charge on any atom is -0.484 e. The molecule has 1 unspecified atom stereocenters. The number of carbonyl (C=O) groups is 2. The van der Waals surface area contributed by atoms with Crippen molar-refractivity contribution in [3.8, 4) is 11.8 Å². The van der Waals surface area contributed by atoms with E-state index in [0.717, 1.165) is 6.07 Å². The van der Waals surface area contributed by atoms with Gasteiger partial charge in [-0.05, 0) is 18.6 Å². The van der Waals surface area contributed by atoms with Crippen molar-refractivity contribution >= 4 is 23.4 Å². The topological polar surface area (TPSA) is 123 Å². The molecule has 1 aromatic carbocycles. The number of amides is 2. The van der Waals surface area contributed by atoms with Gasteiger partial charge in [-0.25, -0.2) is 14.4 Å². The van der Waals surface area contributed by atoms with Crippen molar-refractivity contribution in [2.24, 2.45) is 0 Å². The Kier molecular flexibility index (Phi) is 10.2. The zero-order chi connectivity index (χ0) is 26.0. The molecule has 0 saturated carbocycles. The number of benzene rings is 1. The fourth-order valence-electron chi connectivity index (χ4n) is 2.50. The maximum absolute atomic E-state index is 13.4. The summed E-state index contributed by atoms with van der Waals surface area (Å²) in [6.07, 6.45) is -3.30. The standard InChI is InChI=1S/C21H21ClF4N4O5/c1-2-13(30-19(33)11-35-20-28-7-12(8-29-20)21(24,25)26)5-14(31)9-27-18(32)10-34-15-3-4-16(22)17(23)6-15/h2-4,6-8,13-14,31H,1,5,9-11H2,(H,27,32)(H,30,33)/t13?,14-/m0/s1. The molecule has 3 N–H and O–H groups in total. The van der Waals surface area contributed by atoms with Crippen LogP contribution in [0.4, 0.5) is 17.6 Å². The molecule has 1 heterocycles. The first-order valence-electron chi connectivity index (χ1n) is 9.94. The van der Waals surface area contributed by atoms with Crippen molar-refractivity contribution in [2.45, 2.75) is 24.7 Å². The number of nitrogens with zero attached hydrogens (tertiary/aromatic N) is 2. The molecule has 2 aromatic rings. The first-order valence-corrected chi connectivity index (χ1v) is 10.3. The summed E-state index contributed by atoms with van der Waals surface area (Å²) in [5.74, 6) is -1.85. The molecule has 190 valence electrons. The Morgan fingerprint density at radius 1 is 1.17 bits per heavy atom. The van der Waals surface area contributed by atoms with Crippen LogP contribution in [0.2, 0.25) is 5.02 Å². The number of aromatic nitrogens is 2. The highest BCUT2D eigenvalue weighted by Crippen LogP contribution is 2.28. The number of rotatable bonds is 12. The Hall–Kier alpha value is -3.45. The highest BCUT2D eigenvalue weighted by atomic mass is 35.5. The van der Waals surface area contributed by atoms with E-state index >= 15 is 0 Å². The van der Waals surface area contributed by atoms with E-state index in [9.17, 15) is 32.3 Å². The van der Waals surface area contributed by atoms with Gasteiger partial charge in [-0.3, -0.25) is 9.59 Å². The van der Waals surface area contributed by atoms with Crippen molar-refractivity contribution in [2.75, 3.05) is 19.8 Å². The normalized spacial score (nSPS) is 12.9. The molecule has 0 saturated heterocycles. The van der Waals surface area contributed by atoms with Gasteiger partial charge in [-0.1, -0.05) is 17.7 Å². The van der Waals surface area contributed by atoms with E-state index in [4.69, 9.17) is 21.1 Å². The fraction of sp³-hybridized carbons (Fsp3) is 0.333. The van der Waals surface area contributed by atoms with Crippen molar-refractivity contribution in [1.82, 2.24) is 20.6 Å². The molecule has 0 aliphatic carbocycles. The number of nitrogens with one attached hydrogen (secondary N) is 2. The first kappa shape index (κ1) is 27.8. The molecule has 14 heteroatoms. The molecule has 0 bridgehead atoms. The van der Waals surface area contributed by atoms with Crippen molar-refractivity contribution in [3.05, 3.63) is 59.7 Å². The van der Waals surface area contributed by atoms with Gasteiger partial charge in [0, 0.05) is 31.0 Å². The van der Waals surface area contributed by atoms with Crippen LogP contribution in [0, 0.1) is 5.82 Å². The summed E-state index contributed by atoms with van der Waals surface area (Å²) < 4.78 is 60.9. The molecule has 0 radical (unpaired) electrons. The van der Waals surface area contributed by atoms with Gasteiger partial charge in [0.15, 0.2) is 13.2 Å². The van der Waals surface area contributed by atoms with E-state index in [1.54, 1.807) is 0 Å². The van der Waals surface area contributed by atoms with Gasteiger partial charge in [-0.2, -0.15) is 13.2 Å². The highest BCUT2D eigenvalue weighted by Gasteiger charge is 2.31. The quantitative estimate of drug-likeness (QED) is 0.290. The second kappa shape index (κ2) is 12.9. The van der Waals surface area contributed by atoms with E-state index < -0.39 is 60.7 Å². The van der Waals surface area contributed by atoms with Gasteiger partial charge in [0.05, 0.1) is 16.7 Å². The van der Waals surface area contributed by atoms with Crippen LogP contribution in [0.3, 0.4) is 0 Å². The molecule has 0 spiro atoms. The van der Waals surface area contributed by atoms with E-state index in [1.165, 1.54) is 18.2 Å². The molecule has 0 aliphatic heterocycles. The van der Waals surface area contributed by atoms with Crippen LogP contribution in [0.15, 0.2) is 43.2 Å². The van der Waals surface area contributed by atoms with Gasteiger partial charge in [-0.15, -0.1) is 6.58 Å². The van der Waals surface area contributed by atoms with Crippen LogP contribution in [-0.4, -0.2) is 58.8 Å². The van der Waals surface area contributed by atoms with Gasteiger partial charge < -0.3 is 25.2 Å². The summed E-state index contributed by atoms with van der Waals surface area (Å²) in [6, 6.07) is 2.56. The third-order valence-corrected chi connectivity index (χ3v) is 4.55. The molecular weight excluding hydrogens is 500 g/mol. The minimum absolute atomic E-state index is 0.0183. The van der Waals surface area contributed by atoms with Crippen LogP contribution in [0.25, 0.3) is 0 Å². The summed E-state index contributed by atoms with van der Waals surface area (Å²) >= 11 is 5.56. The molecule has 9 nitrogen and oxygen atoms in total.